The van der Waals surface area contributed by atoms with Gasteiger partial charge < -0.3 is 14.7 Å². The van der Waals surface area contributed by atoms with Crippen molar-refractivity contribution in [2.75, 3.05) is 0 Å². The molecule has 0 spiro atoms. The van der Waals surface area contributed by atoms with Crippen LogP contribution in [0.25, 0.3) is 0 Å². The largest absolute Gasteiger partial charge is 0.542 e. The normalized spacial score (nSPS) is 6.44. The molecule has 0 radical (unpaired) electrons. The molecule has 9 heavy (non-hydrogen) atoms. The number of carbonyl (C=O) groups is 2. The van der Waals surface area contributed by atoms with Crippen molar-refractivity contribution in [3.8, 4) is 0 Å². The number of Topliss-reactive ketones (excluding diaryl/α,β-unsaturated/α-hetero) is 1. The monoisotopic (exact) mass is 133 g/mol. The minimum Gasteiger partial charge on any atom is -0.542 e. The molecule has 4 nitrogen and oxygen atoms in total. The number of carbonyl (C=O) groups excluding carboxylic acids is 3. The maximum Gasteiger partial charge on any atom is 0.175 e. The molecule has 0 unspecified atom stereocenters. The maximum atomic E-state index is 9.48. The van der Waals surface area contributed by atoms with Gasteiger partial charge in [0.15, 0.2) is 5.78 Å². The van der Waals surface area contributed by atoms with Crippen molar-refractivity contribution >= 4 is 18.0 Å². The van der Waals surface area contributed by atoms with Gasteiger partial charge in [0.1, 0.15) is 5.97 Å². The van der Waals surface area contributed by atoms with Gasteiger partial charge >= 0.3 is 0 Å². The summed E-state index contributed by atoms with van der Waals surface area (Å²) < 4.78 is 0. The lowest BCUT2D eigenvalue weighted by Gasteiger charge is -1.87. The molecule has 0 bridgehead atoms. The van der Waals surface area contributed by atoms with Crippen molar-refractivity contribution in [1.82, 2.24) is 0 Å². The summed E-state index contributed by atoms with van der Waals surface area (Å²) in [6.07, 6.45) is 1.50. The lowest BCUT2D eigenvalue weighted by Crippen LogP contribution is -2.29. The molecule has 0 aromatic carbocycles. The van der Waals surface area contributed by atoms with Crippen molar-refractivity contribution in [3.63, 3.8) is 0 Å². The van der Waals surface area contributed by atoms with Crippen LogP contribution in [0.15, 0.2) is 0 Å². The molecular formula is C5H6O4-2. The zero-order valence-corrected chi connectivity index (χ0v) is 5.13. The highest BCUT2D eigenvalue weighted by Crippen LogP contribution is 1.56. The molecule has 0 N–H and O–H groups in total. The molecule has 0 amide bonds. The van der Waals surface area contributed by atoms with E-state index in [1.165, 1.54) is 13.2 Å². The number of carboxylic acids is 1. The first kappa shape index (κ1) is 10.7. The van der Waals surface area contributed by atoms with Gasteiger partial charge in [-0.15, -0.1) is 0 Å². The fraction of sp³-hybridized carbons (Fsp3) is 0.400. The fourth-order valence-corrected chi connectivity index (χ4v) is 0. The van der Waals surface area contributed by atoms with E-state index in [2.05, 4.69) is 0 Å². The molecule has 0 aliphatic carbocycles. The minimum absolute atomic E-state index is 0.935. The van der Waals surface area contributed by atoms with Crippen LogP contribution >= 0.6 is 0 Å². The van der Waals surface area contributed by atoms with Crippen LogP contribution in [0.2, 0.25) is 0 Å². The zero-order chi connectivity index (χ0) is 7.86. The third-order valence-corrected chi connectivity index (χ3v) is 0.287. The van der Waals surface area contributed by atoms with Gasteiger partial charge in [0.05, 0.1) is 0 Å². The standard InChI is InChI=1S/C3H4O3.C2H3O/c1-2(4)3(5)6;1-2-3/h1H3,(H,5,6);1H3/q;-1/p-1/i2+1,3+1;2+1. The van der Waals surface area contributed by atoms with Gasteiger partial charge in [-0.05, 0) is 0 Å². The molecule has 0 heterocycles. The third-order valence-electron chi connectivity index (χ3n) is 0.287. The molecule has 0 aliphatic heterocycles. The van der Waals surface area contributed by atoms with Crippen molar-refractivity contribution < 1.29 is 19.5 Å². The molecule has 0 saturated carbocycles. The Morgan fingerprint density at radius 3 is 1.56 bits per heavy atom. The molecule has 0 fully saturated rings. The van der Waals surface area contributed by atoms with E-state index >= 15 is 0 Å². The second-order valence-corrected chi connectivity index (χ2v) is 1.05. The summed E-state index contributed by atoms with van der Waals surface area (Å²) >= 11 is 0. The summed E-state index contributed by atoms with van der Waals surface area (Å²) in [7, 11) is 0. The molecule has 0 rings (SSSR count). The minimum atomic E-state index is -1.63. The molecule has 0 aliphatic rings. The summed E-state index contributed by atoms with van der Waals surface area (Å²) in [5.74, 6) is -2.56. The predicted molar refractivity (Wildman–Crippen MR) is 27.1 cm³/mol. The highest BCUT2D eigenvalue weighted by molar-refractivity contribution is 6.30. The lowest BCUT2D eigenvalue weighted by atomic mass is 11.1. The van der Waals surface area contributed by atoms with E-state index < -0.39 is 11.8 Å². The quantitative estimate of drug-likeness (QED) is 0.246. The Bertz CT molecular complexity index is 104. The molecule has 0 atom stereocenters. The number of ketones is 1. The summed E-state index contributed by atoms with van der Waals surface area (Å²) in [5, 5.41) is 9.24. The Morgan fingerprint density at radius 1 is 1.44 bits per heavy atom. The van der Waals surface area contributed by atoms with Gasteiger partial charge in [0, 0.05) is 6.92 Å². The van der Waals surface area contributed by atoms with E-state index in [1.54, 1.807) is 0 Å². The van der Waals surface area contributed by atoms with Crippen LogP contribution in [0.1, 0.15) is 13.8 Å². The Balaban J connectivity index is 0. The first-order valence-electron chi connectivity index (χ1n) is 2.07. The molecular weight excluding hydrogens is 127 g/mol. The number of hydrogen-bond donors (Lipinski definition) is 0. The van der Waals surface area contributed by atoms with E-state index in [4.69, 9.17) is 4.79 Å². The van der Waals surface area contributed by atoms with Crippen LogP contribution in [-0.2, 0) is 14.4 Å². The molecule has 0 aromatic heterocycles. The second kappa shape index (κ2) is 6.81. The molecule has 0 aromatic rings. The highest BCUT2D eigenvalue weighted by atomic mass is 16.5. The van der Waals surface area contributed by atoms with E-state index in [1.807, 2.05) is 0 Å². The Kier molecular flexibility index (Phi) is 8.12. The number of aliphatic carboxylic acids is 1. The summed E-state index contributed by atoms with van der Waals surface area (Å²) in [4.78, 5) is 27.4. The van der Waals surface area contributed by atoms with Gasteiger partial charge in [-0.3, -0.25) is 11.1 Å². The van der Waals surface area contributed by atoms with E-state index in [9.17, 15) is 14.7 Å². The maximum absolute atomic E-state index is 9.48. The Hall–Kier alpha value is -1.19. The molecule has 52 valence electrons. The third kappa shape index (κ3) is 20.0. The highest BCUT2D eigenvalue weighted by Gasteiger charge is 1.85. The zero-order valence-electron chi connectivity index (χ0n) is 5.13. The SMILES string of the molecule is C[13C-]=O.C[13C](=O)[13C](=O)[O-]. The smallest absolute Gasteiger partial charge is 0.175 e. The topological polar surface area (TPSA) is 74.3 Å². The van der Waals surface area contributed by atoms with Gasteiger partial charge in [-0.2, -0.15) is 6.92 Å². The number of hydrogen-bond acceptors (Lipinski definition) is 4. The molecule has 0 saturated heterocycles. The van der Waals surface area contributed by atoms with Crippen molar-refractivity contribution in [3.05, 3.63) is 0 Å². The first-order chi connectivity index (χ1) is 4.06. The van der Waals surface area contributed by atoms with E-state index in [-0.39, 0.29) is 0 Å². The average molecular weight is 133 g/mol. The number of rotatable bonds is 1. The number of carboxylic acid groups (broad SMARTS) is 1. The fourth-order valence-electron chi connectivity index (χ4n) is 0. The van der Waals surface area contributed by atoms with Crippen LogP contribution < -0.4 is 5.11 Å². The van der Waals surface area contributed by atoms with Crippen LogP contribution in [0, 0.1) is 0 Å². The van der Waals surface area contributed by atoms with Crippen LogP contribution in [-0.4, -0.2) is 18.0 Å². The van der Waals surface area contributed by atoms with Crippen LogP contribution in [0.5, 0.6) is 0 Å². The first-order valence-corrected chi connectivity index (χ1v) is 2.07. The van der Waals surface area contributed by atoms with Gasteiger partial charge in [-0.1, -0.05) is 0 Å². The second-order valence-electron chi connectivity index (χ2n) is 1.05. The lowest BCUT2D eigenvalue weighted by molar-refractivity contribution is -0.299. The van der Waals surface area contributed by atoms with Crippen LogP contribution in [0.4, 0.5) is 0 Å². The average Bonchev–Trinajstić information content (AvgIpc) is 1.68. The van der Waals surface area contributed by atoms with Gasteiger partial charge in [0.25, 0.3) is 0 Å². The van der Waals surface area contributed by atoms with Crippen molar-refractivity contribution in [1.29, 1.82) is 0 Å². The summed E-state index contributed by atoms with van der Waals surface area (Å²) in [6.45, 7) is 2.26. The summed E-state index contributed by atoms with van der Waals surface area (Å²) in [5.41, 5.74) is 0. The Morgan fingerprint density at radius 2 is 1.56 bits per heavy atom. The van der Waals surface area contributed by atoms with Crippen LogP contribution in [0.3, 0.4) is 0 Å². The summed E-state index contributed by atoms with van der Waals surface area (Å²) in [6, 6.07) is 0. The Labute approximate surface area is 52.5 Å². The predicted octanol–water partition coefficient (Wildman–Crippen LogP) is -1.56. The van der Waals surface area contributed by atoms with E-state index in [0.717, 1.165) is 6.92 Å². The van der Waals surface area contributed by atoms with E-state index in [0.29, 0.717) is 0 Å². The molecule has 4 heteroatoms. The van der Waals surface area contributed by atoms with Gasteiger partial charge in [-0.25, -0.2) is 0 Å². The van der Waals surface area contributed by atoms with Crippen molar-refractivity contribution in [2.45, 2.75) is 13.8 Å². The van der Waals surface area contributed by atoms with Crippen molar-refractivity contribution in [2.24, 2.45) is 0 Å². The van der Waals surface area contributed by atoms with Gasteiger partial charge in [0.2, 0.25) is 0 Å².